The monoisotopic (exact) mass is 429 g/mol. The third-order valence-corrected chi connectivity index (χ3v) is 7.09. The Morgan fingerprint density at radius 2 is 1.97 bits per heavy atom. The molecule has 7 heteroatoms. The summed E-state index contributed by atoms with van der Waals surface area (Å²) in [4.78, 5) is 4.27. The van der Waals surface area contributed by atoms with Crippen LogP contribution in [0.3, 0.4) is 0 Å². The van der Waals surface area contributed by atoms with Crippen LogP contribution in [0.2, 0.25) is 0 Å². The fourth-order valence-corrected chi connectivity index (χ4v) is 5.63. The minimum atomic E-state index is -3.20. The Balaban J connectivity index is 1.35. The van der Waals surface area contributed by atoms with Crippen LogP contribution in [0, 0.1) is 17.7 Å². The van der Waals surface area contributed by atoms with E-state index in [9.17, 15) is 12.8 Å². The van der Waals surface area contributed by atoms with Gasteiger partial charge in [0.1, 0.15) is 5.82 Å². The van der Waals surface area contributed by atoms with E-state index in [1.165, 1.54) is 42.0 Å². The maximum atomic E-state index is 13.7. The van der Waals surface area contributed by atoms with Crippen molar-refractivity contribution in [3.63, 3.8) is 0 Å². The molecule has 30 heavy (non-hydrogen) atoms. The number of guanidine groups is 1. The zero-order chi connectivity index (χ0) is 21.3. The summed E-state index contributed by atoms with van der Waals surface area (Å²) in [6, 6.07) is 12.9. The van der Waals surface area contributed by atoms with Crippen molar-refractivity contribution >= 4 is 15.8 Å². The lowest BCUT2D eigenvalue weighted by Crippen LogP contribution is -2.38. The van der Waals surface area contributed by atoms with E-state index < -0.39 is 9.84 Å². The van der Waals surface area contributed by atoms with Gasteiger partial charge in [0.25, 0.3) is 0 Å². The Hall–Kier alpha value is -2.41. The van der Waals surface area contributed by atoms with Crippen molar-refractivity contribution < 1.29 is 12.8 Å². The molecule has 2 aliphatic rings. The van der Waals surface area contributed by atoms with Gasteiger partial charge in [-0.25, -0.2) is 12.8 Å². The quantitative estimate of drug-likeness (QED) is 0.547. The van der Waals surface area contributed by atoms with E-state index >= 15 is 0 Å². The van der Waals surface area contributed by atoms with E-state index in [0.29, 0.717) is 35.5 Å². The molecular formula is C23H28FN3O2S. The lowest BCUT2D eigenvalue weighted by atomic mass is 9.92. The summed E-state index contributed by atoms with van der Waals surface area (Å²) in [6.45, 7) is 1.14. The third kappa shape index (κ3) is 4.67. The molecule has 0 aliphatic heterocycles. The van der Waals surface area contributed by atoms with Crippen LogP contribution in [0.4, 0.5) is 4.39 Å². The largest absolute Gasteiger partial charge is 0.356 e. The van der Waals surface area contributed by atoms with Crippen molar-refractivity contribution in [2.45, 2.75) is 31.1 Å². The molecular weight excluding hydrogens is 401 g/mol. The van der Waals surface area contributed by atoms with Gasteiger partial charge >= 0.3 is 0 Å². The van der Waals surface area contributed by atoms with E-state index in [4.69, 9.17) is 0 Å². The van der Waals surface area contributed by atoms with Crippen LogP contribution in [-0.2, 0) is 28.6 Å². The predicted molar refractivity (Wildman–Crippen MR) is 118 cm³/mol. The predicted octanol–water partition coefficient (Wildman–Crippen LogP) is 3.01. The molecule has 0 heterocycles. The van der Waals surface area contributed by atoms with Crippen molar-refractivity contribution in [1.29, 1.82) is 0 Å². The summed E-state index contributed by atoms with van der Waals surface area (Å²) < 4.78 is 37.1. The first-order valence-corrected chi connectivity index (χ1v) is 12.4. The highest BCUT2D eigenvalue weighted by atomic mass is 32.2. The molecule has 160 valence electrons. The van der Waals surface area contributed by atoms with Crippen molar-refractivity contribution in [1.82, 2.24) is 10.6 Å². The lowest BCUT2D eigenvalue weighted by Gasteiger charge is -2.14. The lowest BCUT2D eigenvalue weighted by molar-refractivity contribution is 0.599. The average Bonchev–Trinajstić information content (AvgIpc) is 3.43. The molecule has 1 saturated carbocycles. The van der Waals surface area contributed by atoms with Crippen LogP contribution in [0.1, 0.15) is 34.6 Å². The fourth-order valence-electron chi connectivity index (χ4n) is 4.78. The van der Waals surface area contributed by atoms with Crippen LogP contribution in [-0.4, -0.2) is 34.2 Å². The van der Waals surface area contributed by atoms with E-state index in [2.05, 4.69) is 39.9 Å². The molecule has 2 aromatic carbocycles. The van der Waals surface area contributed by atoms with Crippen molar-refractivity contribution in [3.05, 3.63) is 70.5 Å². The first-order valence-electron chi connectivity index (χ1n) is 10.3. The molecule has 3 unspecified atom stereocenters. The van der Waals surface area contributed by atoms with Crippen molar-refractivity contribution in [2.24, 2.45) is 16.8 Å². The van der Waals surface area contributed by atoms with Crippen LogP contribution in [0.5, 0.6) is 0 Å². The molecule has 2 aliphatic carbocycles. The van der Waals surface area contributed by atoms with Gasteiger partial charge in [-0.3, -0.25) is 4.99 Å². The highest BCUT2D eigenvalue weighted by molar-refractivity contribution is 7.89. The number of halogens is 1. The number of benzene rings is 2. The standard InChI is InChI=1S/C23H28FN3O2S/c1-25-23(26-12-17-11-18(24)9-7-16(17)14-30(2,28)29)27-13-21-20-10-8-15-5-3-4-6-19(15)22(20)21/h3-7,9,11,20-22H,8,10,12-14H2,1-2H3,(H2,25,26,27). The molecule has 0 bridgehead atoms. The maximum Gasteiger partial charge on any atom is 0.191 e. The number of aliphatic imine (C=N–C) groups is 1. The van der Waals surface area contributed by atoms with Gasteiger partial charge < -0.3 is 10.6 Å². The van der Waals surface area contributed by atoms with Gasteiger partial charge in [-0.2, -0.15) is 0 Å². The number of hydrogen-bond acceptors (Lipinski definition) is 3. The first-order chi connectivity index (χ1) is 14.4. The zero-order valence-electron chi connectivity index (χ0n) is 17.4. The normalized spacial score (nSPS) is 22.8. The Morgan fingerprint density at radius 1 is 1.17 bits per heavy atom. The summed E-state index contributed by atoms with van der Waals surface area (Å²) in [5.74, 6) is 2.11. The number of nitrogens with one attached hydrogen (secondary N) is 2. The molecule has 0 amide bonds. The van der Waals surface area contributed by atoms with E-state index in [0.717, 1.165) is 18.9 Å². The van der Waals surface area contributed by atoms with Crippen molar-refractivity contribution in [3.8, 4) is 0 Å². The Bertz CT molecular complexity index is 1070. The molecule has 0 radical (unpaired) electrons. The zero-order valence-corrected chi connectivity index (χ0v) is 18.2. The number of rotatable bonds is 6. The van der Waals surface area contributed by atoms with Crippen LogP contribution >= 0.6 is 0 Å². The van der Waals surface area contributed by atoms with Gasteiger partial charge in [0.15, 0.2) is 15.8 Å². The SMILES string of the molecule is CN=C(NCc1cc(F)ccc1CS(C)(=O)=O)NCC1C2CCc3ccccc3C21. The molecule has 0 spiro atoms. The van der Waals surface area contributed by atoms with E-state index in [-0.39, 0.29) is 11.6 Å². The summed E-state index contributed by atoms with van der Waals surface area (Å²) in [5.41, 5.74) is 4.20. The first kappa shape index (κ1) is 20.8. The molecule has 2 aromatic rings. The number of hydrogen-bond donors (Lipinski definition) is 2. The minimum Gasteiger partial charge on any atom is -0.356 e. The number of fused-ring (bicyclic) bond motifs is 3. The number of nitrogens with zero attached hydrogens (tertiary/aromatic N) is 1. The Labute approximate surface area is 177 Å². The molecule has 4 rings (SSSR count). The van der Waals surface area contributed by atoms with Crippen LogP contribution in [0.15, 0.2) is 47.5 Å². The van der Waals surface area contributed by atoms with Gasteiger partial charge in [-0.15, -0.1) is 0 Å². The summed E-state index contributed by atoms with van der Waals surface area (Å²) >= 11 is 0. The fraction of sp³-hybridized carbons (Fsp3) is 0.435. The molecule has 0 aromatic heterocycles. The second kappa shape index (κ2) is 8.38. The van der Waals surface area contributed by atoms with Gasteiger partial charge in [0.2, 0.25) is 0 Å². The molecule has 5 nitrogen and oxygen atoms in total. The smallest absolute Gasteiger partial charge is 0.191 e. The maximum absolute atomic E-state index is 13.7. The van der Waals surface area contributed by atoms with E-state index in [1.54, 1.807) is 7.05 Å². The van der Waals surface area contributed by atoms with Gasteiger partial charge in [0.05, 0.1) is 5.75 Å². The second-order valence-corrected chi connectivity index (χ2v) is 10.5. The highest BCUT2D eigenvalue weighted by Gasteiger charge is 2.52. The summed E-state index contributed by atoms with van der Waals surface area (Å²) in [7, 11) is -1.50. The average molecular weight is 430 g/mol. The Morgan fingerprint density at radius 3 is 2.73 bits per heavy atom. The van der Waals surface area contributed by atoms with Crippen LogP contribution < -0.4 is 10.6 Å². The number of sulfone groups is 1. The Kier molecular flexibility index (Phi) is 5.82. The van der Waals surface area contributed by atoms with Gasteiger partial charge in [-0.1, -0.05) is 30.3 Å². The number of aryl methyl sites for hydroxylation is 1. The van der Waals surface area contributed by atoms with Gasteiger partial charge in [0, 0.05) is 26.4 Å². The second-order valence-electron chi connectivity index (χ2n) is 8.38. The van der Waals surface area contributed by atoms with Crippen LogP contribution in [0.25, 0.3) is 0 Å². The van der Waals surface area contributed by atoms with Crippen molar-refractivity contribution in [2.75, 3.05) is 19.8 Å². The molecule has 0 saturated heterocycles. The van der Waals surface area contributed by atoms with Gasteiger partial charge in [-0.05, 0) is 65.0 Å². The third-order valence-electron chi connectivity index (χ3n) is 6.25. The topological polar surface area (TPSA) is 70.6 Å². The molecule has 1 fully saturated rings. The summed E-state index contributed by atoms with van der Waals surface area (Å²) in [6.07, 6.45) is 3.57. The minimum absolute atomic E-state index is 0.110. The molecule has 2 N–H and O–H groups in total. The van der Waals surface area contributed by atoms with E-state index in [1.807, 2.05) is 0 Å². The summed E-state index contributed by atoms with van der Waals surface area (Å²) in [5, 5.41) is 6.60. The highest BCUT2D eigenvalue weighted by Crippen LogP contribution is 2.59. The molecule has 3 atom stereocenters.